The van der Waals surface area contributed by atoms with E-state index in [1.165, 1.54) is 0 Å². The van der Waals surface area contributed by atoms with Crippen LogP contribution < -0.4 is 15.0 Å². The van der Waals surface area contributed by atoms with Crippen molar-refractivity contribution in [2.45, 2.75) is 19.9 Å². The monoisotopic (exact) mass is 438 g/mol. The molecule has 4 aromatic rings. The predicted octanol–water partition coefficient (Wildman–Crippen LogP) is 4.81. The molecular weight excluding hydrogens is 412 g/mol. The van der Waals surface area contributed by atoms with Gasteiger partial charge in [-0.1, -0.05) is 37.3 Å². The number of methoxy groups -OCH3 is 1. The molecule has 8 heteroatoms. The van der Waals surface area contributed by atoms with E-state index in [2.05, 4.69) is 5.32 Å². The molecule has 7 nitrogen and oxygen atoms in total. The minimum atomic E-state index is -0.889. The van der Waals surface area contributed by atoms with E-state index in [1.807, 2.05) is 79.7 Å². The molecule has 2 aromatic carbocycles. The average Bonchev–Trinajstić information content (AvgIpc) is 3.26. The summed E-state index contributed by atoms with van der Waals surface area (Å²) in [6.07, 6.45) is 0. The fraction of sp³-hybridized carbons (Fsp3) is 0.304. The van der Waals surface area contributed by atoms with Crippen LogP contribution >= 0.6 is 11.3 Å². The molecule has 0 spiro atoms. The topological polar surface area (TPSA) is 79.1 Å². The molecule has 0 fully saturated rings. The number of imidazole rings is 1. The Morgan fingerprint density at radius 3 is 2.48 bits per heavy atom. The Morgan fingerprint density at radius 1 is 1.19 bits per heavy atom. The minimum absolute atomic E-state index is 0.1000. The van der Waals surface area contributed by atoms with E-state index in [9.17, 15) is 9.90 Å². The van der Waals surface area contributed by atoms with Crippen LogP contribution in [0.2, 0.25) is 0 Å². The van der Waals surface area contributed by atoms with Crippen molar-refractivity contribution in [2.24, 2.45) is 5.92 Å². The summed E-state index contributed by atoms with van der Waals surface area (Å²) in [6.45, 7) is 3.79. The van der Waals surface area contributed by atoms with E-state index < -0.39 is 12.0 Å². The summed E-state index contributed by atoms with van der Waals surface area (Å²) in [4.78, 5) is 19.7. The van der Waals surface area contributed by atoms with Crippen molar-refractivity contribution >= 4 is 44.0 Å². The Hall–Kier alpha value is -3.26. The molecule has 2 heterocycles. The molecule has 0 bridgehead atoms. The maximum absolute atomic E-state index is 11.9. The van der Waals surface area contributed by atoms with Gasteiger partial charge >= 0.3 is 5.97 Å². The zero-order chi connectivity index (χ0) is 22.3. The highest BCUT2D eigenvalue weighted by Crippen LogP contribution is 2.38. The van der Waals surface area contributed by atoms with E-state index in [0.717, 1.165) is 37.9 Å². The highest BCUT2D eigenvalue weighted by atomic mass is 32.1. The van der Waals surface area contributed by atoms with E-state index in [1.54, 1.807) is 18.4 Å². The van der Waals surface area contributed by atoms with Crippen LogP contribution in [0, 0.1) is 5.92 Å². The van der Waals surface area contributed by atoms with Crippen molar-refractivity contribution in [3.8, 4) is 17.0 Å². The fourth-order valence-corrected chi connectivity index (χ4v) is 4.64. The maximum Gasteiger partial charge on any atom is 0.326 e. The van der Waals surface area contributed by atoms with Crippen LogP contribution in [0.5, 0.6) is 5.75 Å². The third-order valence-electron chi connectivity index (χ3n) is 5.34. The summed E-state index contributed by atoms with van der Waals surface area (Å²) in [7, 11) is 5.63. The van der Waals surface area contributed by atoms with Crippen molar-refractivity contribution in [3.63, 3.8) is 0 Å². The van der Waals surface area contributed by atoms with Gasteiger partial charge in [-0.15, -0.1) is 0 Å². The number of fused-ring (bicyclic) bond motifs is 3. The molecule has 0 aliphatic carbocycles. The molecular formula is C23H26N4O3S. The number of anilines is 2. The van der Waals surface area contributed by atoms with Gasteiger partial charge in [0.05, 0.1) is 17.3 Å². The van der Waals surface area contributed by atoms with E-state index in [4.69, 9.17) is 9.72 Å². The lowest BCUT2D eigenvalue weighted by Gasteiger charge is -2.20. The van der Waals surface area contributed by atoms with Gasteiger partial charge in [-0.3, -0.25) is 4.40 Å². The summed E-state index contributed by atoms with van der Waals surface area (Å²) >= 11 is 1.55. The number of nitrogens with one attached hydrogen (secondary N) is 1. The van der Waals surface area contributed by atoms with Gasteiger partial charge < -0.3 is 20.1 Å². The molecule has 0 radical (unpaired) electrons. The molecule has 0 saturated heterocycles. The Kier molecular flexibility index (Phi) is 5.49. The second-order valence-electron chi connectivity index (χ2n) is 8.01. The van der Waals surface area contributed by atoms with Crippen molar-refractivity contribution in [2.75, 3.05) is 31.4 Å². The Balaban J connectivity index is 1.93. The summed E-state index contributed by atoms with van der Waals surface area (Å²) < 4.78 is 8.39. The molecule has 4 rings (SSSR count). The lowest BCUT2D eigenvalue weighted by atomic mass is 10.0. The number of carboxylic acid groups (broad SMARTS) is 1. The van der Waals surface area contributed by atoms with Gasteiger partial charge in [-0.05, 0) is 36.2 Å². The van der Waals surface area contributed by atoms with Crippen molar-refractivity contribution < 1.29 is 14.6 Å². The standard InChI is InChI=1S/C23H26N4O3S/c1-13(2)19(22(28)29)24-21-20(14-6-8-15(9-7-14)26(3)4)25-23-27(21)17-11-10-16(30-5)12-18(17)31-23/h6-13,19,24H,1-5H3,(H,28,29). The van der Waals surface area contributed by atoms with Gasteiger partial charge in [-0.2, -0.15) is 0 Å². The van der Waals surface area contributed by atoms with E-state index in [0.29, 0.717) is 5.82 Å². The first-order chi connectivity index (χ1) is 14.8. The van der Waals surface area contributed by atoms with Gasteiger partial charge in [0.25, 0.3) is 0 Å². The highest BCUT2D eigenvalue weighted by molar-refractivity contribution is 7.23. The van der Waals surface area contributed by atoms with Gasteiger partial charge in [-0.25, -0.2) is 9.78 Å². The predicted molar refractivity (Wildman–Crippen MR) is 127 cm³/mol. The number of carbonyl (C=O) groups is 1. The number of aliphatic carboxylic acids is 1. The Morgan fingerprint density at radius 2 is 1.90 bits per heavy atom. The van der Waals surface area contributed by atoms with Crippen molar-refractivity contribution in [3.05, 3.63) is 42.5 Å². The largest absolute Gasteiger partial charge is 0.497 e. The second kappa shape index (κ2) is 8.11. The number of rotatable bonds is 7. The van der Waals surface area contributed by atoms with Crippen LogP contribution in [0.25, 0.3) is 26.4 Å². The molecule has 31 heavy (non-hydrogen) atoms. The Bertz CT molecular complexity index is 1240. The number of aromatic nitrogens is 2. The maximum atomic E-state index is 11.9. The van der Waals surface area contributed by atoms with Crippen LogP contribution in [0.4, 0.5) is 11.5 Å². The number of carboxylic acids is 1. The van der Waals surface area contributed by atoms with Gasteiger partial charge in [0.2, 0.25) is 0 Å². The van der Waals surface area contributed by atoms with Gasteiger partial charge in [0.1, 0.15) is 23.3 Å². The third-order valence-corrected chi connectivity index (χ3v) is 6.34. The van der Waals surface area contributed by atoms with E-state index in [-0.39, 0.29) is 5.92 Å². The quantitative estimate of drug-likeness (QED) is 0.431. The summed E-state index contributed by atoms with van der Waals surface area (Å²) in [6, 6.07) is 13.2. The molecule has 0 aliphatic heterocycles. The lowest BCUT2D eigenvalue weighted by Crippen LogP contribution is -2.34. The number of nitrogens with zero attached hydrogens (tertiary/aromatic N) is 3. The zero-order valence-corrected chi connectivity index (χ0v) is 19.0. The zero-order valence-electron chi connectivity index (χ0n) is 18.2. The molecule has 1 unspecified atom stereocenters. The molecule has 2 aromatic heterocycles. The Labute approximate surface area is 184 Å². The van der Waals surface area contributed by atoms with Gasteiger partial charge in [0.15, 0.2) is 4.96 Å². The smallest absolute Gasteiger partial charge is 0.326 e. The van der Waals surface area contributed by atoms with Crippen LogP contribution in [-0.4, -0.2) is 47.7 Å². The minimum Gasteiger partial charge on any atom is -0.497 e. The number of hydrogen-bond donors (Lipinski definition) is 2. The highest BCUT2D eigenvalue weighted by Gasteiger charge is 2.26. The third kappa shape index (κ3) is 3.79. The first kappa shape index (κ1) is 21.0. The second-order valence-corrected chi connectivity index (χ2v) is 9.02. The first-order valence-corrected chi connectivity index (χ1v) is 10.9. The van der Waals surface area contributed by atoms with Crippen LogP contribution in [0.15, 0.2) is 42.5 Å². The number of ether oxygens (including phenoxy) is 1. The average molecular weight is 439 g/mol. The van der Waals surface area contributed by atoms with Crippen molar-refractivity contribution in [1.29, 1.82) is 0 Å². The van der Waals surface area contributed by atoms with Crippen LogP contribution in [-0.2, 0) is 4.79 Å². The van der Waals surface area contributed by atoms with E-state index >= 15 is 0 Å². The van der Waals surface area contributed by atoms with Gasteiger partial charge in [0, 0.05) is 25.3 Å². The number of thiazole rings is 1. The lowest BCUT2D eigenvalue weighted by molar-refractivity contribution is -0.138. The molecule has 0 aliphatic rings. The molecule has 2 N–H and O–H groups in total. The normalized spacial score (nSPS) is 12.5. The van der Waals surface area contributed by atoms with Crippen LogP contribution in [0.3, 0.4) is 0 Å². The number of hydrogen-bond acceptors (Lipinski definition) is 6. The fourth-order valence-electron chi connectivity index (χ4n) is 3.59. The molecule has 0 amide bonds. The molecule has 1 atom stereocenters. The molecule has 162 valence electrons. The first-order valence-electron chi connectivity index (χ1n) is 10.1. The van der Waals surface area contributed by atoms with Crippen LogP contribution in [0.1, 0.15) is 13.8 Å². The summed E-state index contributed by atoms with van der Waals surface area (Å²) in [5.41, 5.74) is 3.71. The molecule has 0 saturated carbocycles. The van der Waals surface area contributed by atoms with Crippen molar-refractivity contribution in [1.82, 2.24) is 9.38 Å². The summed E-state index contributed by atoms with van der Waals surface area (Å²) in [5, 5.41) is 13.1. The number of benzene rings is 2. The SMILES string of the molecule is COc1ccc2c(c1)sc1nc(-c3ccc(N(C)C)cc3)c(NC(C(=O)O)C(C)C)n12. The summed E-state index contributed by atoms with van der Waals surface area (Å²) in [5.74, 6) is 0.471.